The Hall–Kier alpha value is -2.84. The standard InChI is InChI=1S/C22H25ClN4O4/c23-17-4-1-3-16(13-17)22(28)26-10-8-25(9-11-26)18-6-7-21(27(29)30)20(14-18)24-15-19-5-2-12-31-19/h1,3-4,6-7,13-14,19,24H,2,5,8-12,15H2/t19-/m0/s1. The number of hydrogen-bond donors (Lipinski definition) is 1. The van der Waals surface area contributed by atoms with Crippen LogP contribution in [0.4, 0.5) is 17.1 Å². The van der Waals surface area contributed by atoms with Crippen LogP contribution in [-0.4, -0.2) is 61.2 Å². The van der Waals surface area contributed by atoms with Gasteiger partial charge in [0.25, 0.3) is 11.6 Å². The second kappa shape index (κ2) is 9.53. The third-order valence-electron chi connectivity index (χ3n) is 5.72. The lowest BCUT2D eigenvalue weighted by Gasteiger charge is -2.36. The summed E-state index contributed by atoms with van der Waals surface area (Å²) in [4.78, 5) is 27.8. The minimum absolute atomic E-state index is 0.0373. The third-order valence-corrected chi connectivity index (χ3v) is 5.96. The lowest BCUT2D eigenvalue weighted by Crippen LogP contribution is -2.48. The monoisotopic (exact) mass is 444 g/mol. The number of piperazine rings is 1. The number of rotatable bonds is 6. The van der Waals surface area contributed by atoms with Crippen LogP contribution >= 0.6 is 11.6 Å². The molecule has 1 atom stereocenters. The summed E-state index contributed by atoms with van der Waals surface area (Å²) in [5.74, 6) is -0.0373. The smallest absolute Gasteiger partial charge is 0.292 e. The molecule has 1 amide bonds. The van der Waals surface area contributed by atoms with Gasteiger partial charge in [0, 0.05) is 61.7 Å². The minimum atomic E-state index is -0.372. The number of nitrogens with one attached hydrogen (secondary N) is 1. The van der Waals surface area contributed by atoms with Crippen molar-refractivity contribution in [2.45, 2.75) is 18.9 Å². The molecule has 0 radical (unpaired) electrons. The molecule has 2 saturated heterocycles. The molecular weight excluding hydrogens is 420 g/mol. The van der Waals surface area contributed by atoms with Crippen molar-refractivity contribution < 1.29 is 14.5 Å². The van der Waals surface area contributed by atoms with Gasteiger partial charge < -0.3 is 19.9 Å². The van der Waals surface area contributed by atoms with E-state index in [4.69, 9.17) is 16.3 Å². The largest absolute Gasteiger partial charge is 0.377 e. The molecule has 2 aliphatic heterocycles. The predicted molar refractivity (Wildman–Crippen MR) is 120 cm³/mol. The van der Waals surface area contributed by atoms with E-state index in [2.05, 4.69) is 10.2 Å². The summed E-state index contributed by atoms with van der Waals surface area (Å²) in [7, 11) is 0. The van der Waals surface area contributed by atoms with Crippen molar-refractivity contribution in [1.82, 2.24) is 4.90 Å². The zero-order valence-electron chi connectivity index (χ0n) is 17.1. The SMILES string of the molecule is O=C(c1cccc(Cl)c1)N1CCN(c2ccc([N+](=O)[O-])c(NC[C@@H]3CCCO3)c2)CC1. The molecular formula is C22H25ClN4O4. The maximum Gasteiger partial charge on any atom is 0.292 e. The number of nitrogens with zero attached hydrogens (tertiary/aromatic N) is 3. The summed E-state index contributed by atoms with van der Waals surface area (Å²) in [6.45, 7) is 3.73. The van der Waals surface area contributed by atoms with E-state index < -0.39 is 0 Å². The molecule has 0 aromatic heterocycles. The molecule has 31 heavy (non-hydrogen) atoms. The number of benzene rings is 2. The van der Waals surface area contributed by atoms with Gasteiger partial charge in [0.05, 0.1) is 11.0 Å². The Kier molecular flexibility index (Phi) is 6.58. The summed E-state index contributed by atoms with van der Waals surface area (Å²) in [6.07, 6.45) is 2.07. The average molecular weight is 445 g/mol. The van der Waals surface area contributed by atoms with E-state index in [0.29, 0.717) is 49.0 Å². The molecule has 2 aliphatic rings. The molecule has 8 nitrogen and oxygen atoms in total. The number of anilines is 2. The Labute approximate surface area is 185 Å². The van der Waals surface area contributed by atoms with Crippen LogP contribution in [0.5, 0.6) is 0 Å². The van der Waals surface area contributed by atoms with Gasteiger partial charge in [-0.15, -0.1) is 0 Å². The van der Waals surface area contributed by atoms with Crippen molar-refractivity contribution in [3.63, 3.8) is 0 Å². The second-order valence-corrected chi connectivity index (χ2v) is 8.20. The van der Waals surface area contributed by atoms with Crippen LogP contribution in [0.1, 0.15) is 23.2 Å². The first-order chi connectivity index (χ1) is 15.0. The van der Waals surface area contributed by atoms with E-state index >= 15 is 0 Å². The van der Waals surface area contributed by atoms with Gasteiger partial charge in [-0.25, -0.2) is 0 Å². The van der Waals surface area contributed by atoms with Gasteiger partial charge in [-0.2, -0.15) is 0 Å². The topological polar surface area (TPSA) is 88.0 Å². The van der Waals surface area contributed by atoms with Crippen molar-refractivity contribution >= 4 is 34.6 Å². The molecule has 1 N–H and O–H groups in total. The molecule has 4 rings (SSSR count). The number of ether oxygens (including phenoxy) is 1. The molecule has 0 bridgehead atoms. The van der Waals surface area contributed by atoms with Crippen molar-refractivity contribution in [3.8, 4) is 0 Å². The second-order valence-electron chi connectivity index (χ2n) is 7.76. The first-order valence-electron chi connectivity index (χ1n) is 10.4. The Morgan fingerprint density at radius 3 is 2.68 bits per heavy atom. The molecule has 0 aliphatic carbocycles. The van der Waals surface area contributed by atoms with E-state index in [1.165, 1.54) is 6.07 Å². The van der Waals surface area contributed by atoms with E-state index in [9.17, 15) is 14.9 Å². The zero-order chi connectivity index (χ0) is 21.8. The molecule has 2 heterocycles. The fraction of sp³-hybridized carbons (Fsp3) is 0.409. The summed E-state index contributed by atoms with van der Waals surface area (Å²) in [5, 5.41) is 15.2. The number of carbonyl (C=O) groups is 1. The number of nitro groups is 1. The van der Waals surface area contributed by atoms with Crippen LogP contribution < -0.4 is 10.2 Å². The lowest BCUT2D eigenvalue weighted by atomic mass is 10.1. The van der Waals surface area contributed by atoms with E-state index in [1.807, 2.05) is 11.0 Å². The number of hydrogen-bond acceptors (Lipinski definition) is 6. The van der Waals surface area contributed by atoms with Crippen molar-refractivity contribution in [3.05, 3.63) is 63.2 Å². The van der Waals surface area contributed by atoms with Gasteiger partial charge in [0.2, 0.25) is 0 Å². The first kappa shape index (κ1) is 21.4. The number of amides is 1. The van der Waals surface area contributed by atoms with Crippen LogP contribution in [0.15, 0.2) is 42.5 Å². The molecule has 9 heteroatoms. The molecule has 2 aromatic rings. The zero-order valence-corrected chi connectivity index (χ0v) is 17.9. The van der Waals surface area contributed by atoms with Gasteiger partial charge in [0.15, 0.2) is 0 Å². The molecule has 0 spiro atoms. The van der Waals surface area contributed by atoms with E-state index in [0.717, 1.165) is 25.1 Å². The third kappa shape index (κ3) is 5.08. The summed E-state index contributed by atoms with van der Waals surface area (Å²) < 4.78 is 5.61. The van der Waals surface area contributed by atoms with E-state index in [-0.39, 0.29) is 22.6 Å². The molecule has 2 fully saturated rings. The Morgan fingerprint density at radius 2 is 2.00 bits per heavy atom. The Balaban J connectivity index is 1.42. The van der Waals surface area contributed by atoms with Crippen LogP contribution in [0.3, 0.4) is 0 Å². The van der Waals surface area contributed by atoms with E-state index in [1.54, 1.807) is 30.3 Å². The van der Waals surface area contributed by atoms with Gasteiger partial charge in [-0.1, -0.05) is 17.7 Å². The van der Waals surface area contributed by atoms with Crippen molar-refractivity contribution in [2.75, 3.05) is 49.5 Å². The molecule has 0 saturated carbocycles. The highest BCUT2D eigenvalue weighted by Gasteiger charge is 2.24. The number of nitro benzene ring substituents is 1. The fourth-order valence-electron chi connectivity index (χ4n) is 4.02. The highest BCUT2D eigenvalue weighted by Crippen LogP contribution is 2.31. The Bertz CT molecular complexity index is 956. The summed E-state index contributed by atoms with van der Waals surface area (Å²) in [6, 6.07) is 12.1. The number of carbonyl (C=O) groups excluding carboxylic acids is 1. The minimum Gasteiger partial charge on any atom is -0.377 e. The van der Waals surface area contributed by atoms with Crippen molar-refractivity contribution in [2.24, 2.45) is 0 Å². The summed E-state index contributed by atoms with van der Waals surface area (Å²) in [5.41, 5.74) is 2.03. The fourth-order valence-corrected chi connectivity index (χ4v) is 4.21. The van der Waals surface area contributed by atoms with Gasteiger partial charge in [-0.3, -0.25) is 14.9 Å². The average Bonchev–Trinajstić information content (AvgIpc) is 3.31. The van der Waals surface area contributed by atoms with Gasteiger partial charge in [0.1, 0.15) is 5.69 Å². The molecule has 0 unspecified atom stereocenters. The molecule has 2 aromatic carbocycles. The molecule has 164 valence electrons. The van der Waals surface area contributed by atoms with Gasteiger partial charge in [-0.05, 0) is 43.2 Å². The predicted octanol–water partition coefficient (Wildman–Crippen LogP) is 3.80. The van der Waals surface area contributed by atoms with Crippen LogP contribution in [0, 0.1) is 10.1 Å². The highest BCUT2D eigenvalue weighted by molar-refractivity contribution is 6.30. The summed E-state index contributed by atoms with van der Waals surface area (Å²) >= 11 is 6.01. The van der Waals surface area contributed by atoms with Crippen LogP contribution in [0.25, 0.3) is 0 Å². The van der Waals surface area contributed by atoms with Crippen LogP contribution in [-0.2, 0) is 4.74 Å². The highest BCUT2D eigenvalue weighted by atomic mass is 35.5. The first-order valence-corrected chi connectivity index (χ1v) is 10.8. The maximum atomic E-state index is 12.7. The number of halogens is 1. The maximum absolute atomic E-state index is 12.7. The quantitative estimate of drug-likeness (QED) is 0.538. The normalized spacial score (nSPS) is 18.8. The lowest BCUT2D eigenvalue weighted by molar-refractivity contribution is -0.383. The Morgan fingerprint density at radius 1 is 1.19 bits per heavy atom. The van der Waals surface area contributed by atoms with Crippen molar-refractivity contribution in [1.29, 1.82) is 0 Å². The van der Waals surface area contributed by atoms with Gasteiger partial charge >= 0.3 is 0 Å². The van der Waals surface area contributed by atoms with Crippen LogP contribution in [0.2, 0.25) is 5.02 Å².